The number of amides is 1. The standard InChI is InChI=1S/C23H18Br2N2O4/c1-2-30-20-9-6-15(7-10-20)23(29)31-21-11-8-19(25)13-17(21)14-26-27-22(28)16-4-3-5-18(24)12-16/h3-14H,2H2,1H3,(H,27,28)/b26-14+. The number of ether oxygens (including phenoxy) is 2. The van der Waals surface area contributed by atoms with E-state index in [4.69, 9.17) is 9.47 Å². The van der Waals surface area contributed by atoms with Gasteiger partial charge < -0.3 is 9.47 Å². The second-order valence-electron chi connectivity index (χ2n) is 6.24. The van der Waals surface area contributed by atoms with Gasteiger partial charge in [0, 0.05) is 20.1 Å². The molecule has 0 saturated heterocycles. The molecule has 0 atom stereocenters. The normalized spacial score (nSPS) is 10.7. The van der Waals surface area contributed by atoms with Gasteiger partial charge in [0.1, 0.15) is 11.5 Å². The number of hydrazone groups is 1. The summed E-state index contributed by atoms with van der Waals surface area (Å²) in [4.78, 5) is 24.8. The van der Waals surface area contributed by atoms with Gasteiger partial charge >= 0.3 is 5.97 Å². The number of hydrogen-bond acceptors (Lipinski definition) is 5. The first-order valence-corrected chi connectivity index (χ1v) is 10.9. The van der Waals surface area contributed by atoms with Crippen LogP contribution in [0.2, 0.25) is 0 Å². The summed E-state index contributed by atoms with van der Waals surface area (Å²) in [5, 5.41) is 3.99. The monoisotopic (exact) mass is 544 g/mol. The summed E-state index contributed by atoms with van der Waals surface area (Å²) in [5.41, 5.74) is 3.83. The van der Waals surface area contributed by atoms with E-state index >= 15 is 0 Å². The van der Waals surface area contributed by atoms with Crippen molar-refractivity contribution in [3.63, 3.8) is 0 Å². The highest BCUT2D eigenvalue weighted by molar-refractivity contribution is 9.10. The highest BCUT2D eigenvalue weighted by Gasteiger charge is 2.12. The number of rotatable bonds is 7. The van der Waals surface area contributed by atoms with Crippen LogP contribution in [0, 0.1) is 0 Å². The number of benzene rings is 3. The second-order valence-corrected chi connectivity index (χ2v) is 8.07. The summed E-state index contributed by atoms with van der Waals surface area (Å²) in [7, 11) is 0. The molecule has 1 amide bonds. The molecule has 8 heteroatoms. The van der Waals surface area contributed by atoms with Crippen molar-refractivity contribution in [2.45, 2.75) is 6.92 Å². The lowest BCUT2D eigenvalue weighted by atomic mass is 10.2. The fourth-order valence-electron chi connectivity index (χ4n) is 2.58. The molecular formula is C23H18Br2N2O4. The lowest BCUT2D eigenvalue weighted by Crippen LogP contribution is -2.17. The molecule has 0 spiro atoms. The molecule has 0 unspecified atom stereocenters. The van der Waals surface area contributed by atoms with Crippen LogP contribution in [0.25, 0.3) is 0 Å². The summed E-state index contributed by atoms with van der Waals surface area (Å²) < 4.78 is 12.5. The van der Waals surface area contributed by atoms with Crippen molar-refractivity contribution in [3.05, 3.63) is 92.4 Å². The number of carbonyl (C=O) groups is 2. The largest absolute Gasteiger partial charge is 0.494 e. The zero-order valence-electron chi connectivity index (χ0n) is 16.5. The predicted octanol–water partition coefficient (Wildman–Crippen LogP) is 5.59. The highest BCUT2D eigenvalue weighted by Crippen LogP contribution is 2.23. The molecule has 0 aliphatic rings. The van der Waals surface area contributed by atoms with Crippen LogP contribution in [0.5, 0.6) is 11.5 Å². The maximum absolute atomic E-state index is 12.5. The van der Waals surface area contributed by atoms with Crippen LogP contribution < -0.4 is 14.9 Å². The van der Waals surface area contributed by atoms with Gasteiger partial charge in [-0.15, -0.1) is 0 Å². The molecular weight excluding hydrogens is 528 g/mol. The van der Waals surface area contributed by atoms with Crippen molar-refractivity contribution in [2.24, 2.45) is 5.10 Å². The Labute approximate surface area is 196 Å². The van der Waals surface area contributed by atoms with E-state index in [1.54, 1.807) is 60.7 Å². The Bertz CT molecular complexity index is 1110. The Hall–Kier alpha value is -2.97. The van der Waals surface area contributed by atoms with E-state index in [1.165, 1.54) is 6.21 Å². The van der Waals surface area contributed by atoms with E-state index < -0.39 is 5.97 Å². The number of hydrogen-bond donors (Lipinski definition) is 1. The third-order valence-corrected chi connectivity index (χ3v) is 5.02. The Kier molecular flexibility index (Phi) is 7.97. The summed E-state index contributed by atoms with van der Waals surface area (Å²) >= 11 is 6.71. The van der Waals surface area contributed by atoms with Crippen LogP contribution in [0.15, 0.2) is 80.8 Å². The Morgan fingerprint density at radius 1 is 0.968 bits per heavy atom. The van der Waals surface area contributed by atoms with E-state index in [2.05, 4.69) is 42.4 Å². The van der Waals surface area contributed by atoms with Gasteiger partial charge in [0.15, 0.2) is 0 Å². The molecule has 158 valence electrons. The van der Waals surface area contributed by atoms with Gasteiger partial charge in [0.05, 0.1) is 18.4 Å². The van der Waals surface area contributed by atoms with Crippen LogP contribution in [-0.2, 0) is 0 Å². The molecule has 0 fully saturated rings. The maximum atomic E-state index is 12.5. The predicted molar refractivity (Wildman–Crippen MR) is 126 cm³/mol. The lowest BCUT2D eigenvalue weighted by molar-refractivity contribution is 0.0734. The van der Waals surface area contributed by atoms with Crippen LogP contribution in [0.1, 0.15) is 33.2 Å². The average molecular weight is 546 g/mol. The molecule has 0 aliphatic heterocycles. The number of carbonyl (C=O) groups excluding carboxylic acids is 2. The van der Waals surface area contributed by atoms with Crippen molar-refractivity contribution >= 4 is 50.0 Å². The third-order valence-electron chi connectivity index (χ3n) is 4.03. The Morgan fingerprint density at radius 2 is 1.71 bits per heavy atom. The van der Waals surface area contributed by atoms with E-state index in [0.29, 0.717) is 34.8 Å². The van der Waals surface area contributed by atoms with Gasteiger partial charge in [-0.2, -0.15) is 5.10 Å². The Morgan fingerprint density at radius 3 is 2.42 bits per heavy atom. The van der Waals surface area contributed by atoms with Crippen molar-refractivity contribution in [1.29, 1.82) is 0 Å². The minimum absolute atomic E-state index is 0.308. The van der Waals surface area contributed by atoms with Crippen LogP contribution in [0.4, 0.5) is 0 Å². The molecule has 1 N–H and O–H groups in total. The van der Waals surface area contributed by atoms with E-state index in [0.717, 1.165) is 8.95 Å². The van der Waals surface area contributed by atoms with Crippen LogP contribution in [0.3, 0.4) is 0 Å². The summed E-state index contributed by atoms with van der Waals surface area (Å²) in [6.07, 6.45) is 1.42. The second kappa shape index (κ2) is 10.9. The minimum Gasteiger partial charge on any atom is -0.494 e. The first-order chi connectivity index (χ1) is 15.0. The van der Waals surface area contributed by atoms with Crippen molar-refractivity contribution in [3.8, 4) is 11.5 Å². The first-order valence-electron chi connectivity index (χ1n) is 9.30. The molecule has 3 aromatic carbocycles. The topological polar surface area (TPSA) is 77.0 Å². The summed E-state index contributed by atoms with van der Waals surface area (Å²) in [5.74, 6) is 0.109. The molecule has 0 radical (unpaired) electrons. The van der Waals surface area contributed by atoms with Gasteiger partial charge in [-0.25, -0.2) is 10.2 Å². The lowest BCUT2D eigenvalue weighted by Gasteiger charge is -2.09. The summed E-state index contributed by atoms with van der Waals surface area (Å²) in [6, 6.07) is 18.8. The van der Waals surface area contributed by atoms with Crippen LogP contribution in [-0.4, -0.2) is 24.7 Å². The SMILES string of the molecule is CCOc1ccc(C(=O)Oc2ccc(Br)cc2/C=N/NC(=O)c2cccc(Br)c2)cc1. The number of nitrogens with one attached hydrogen (secondary N) is 1. The summed E-state index contributed by atoms with van der Waals surface area (Å²) in [6.45, 7) is 2.43. The van der Waals surface area contributed by atoms with Gasteiger partial charge in [-0.3, -0.25) is 4.79 Å². The van der Waals surface area contributed by atoms with Gasteiger partial charge in [-0.1, -0.05) is 37.9 Å². The first kappa shape index (κ1) is 22.7. The van der Waals surface area contributed by atoms with E-state index in [-0.39, 0.29) is 5.91 Å². The molecule has 6 nitrogen and oxygen atoms in total. The van der Waals surface area contributed by atoms with E-state index in [9.17, 15) is 9.59 Å². The number of nitrogens with zero attached hydrogens (tertiary/aromatic N) is 1. The quantitative estimate of drug-likeness (QED) is 0.182. The van der Waals surface area contributed by atoms with Crippen molar-refractivity contribution in [2.75, 3.05) is 6.61 Å². The maximum Gasteiger partial charge on any atom is 0.343 e. The minimum atomic E-state index is -0.516. The zero-order chi connectivity index (χ0) is 22.2. The third kappa shape index (κ3) is 6.50. The van der Waals surface area contributed by atoms with Crippen molar-refractivity contribution < 1.29 is 19.1 Å². The molecule has 31 heavy (non-hydrogen) atoms. The molecule has 0 heterocycles. The number of esters is 1. The van der Waals surface area contributed by atoms with Crippen LogP contribution >= 0.6 is 31.9 Å². The molecule has 0 aliphatic carbocycles. The molecule has 0 aromatic heterocycles. The van der Waals surface area contributed by atoms with Gasteiger partial charge in [0.25, 0.3) is 5.91 Å². The van der Waals surface area contributed by atoms with Gasteiger partial charge in [0.2, 0.25) is 0 Å². The zero-order valence-corrected chi connectivity index (χ0v) is 19.6. The smallest absolute Gasteiger partial charge is 0.343 e. The molecule has 3 rings (SSSR count). The Balaban J connectivity index is 1.72. The molecule has 3 aromatic rings. The highest BCUT2D eigenvalue weighted by atomic mass is 79.9. The fourth-order valence-corrected chi connectivity index (χ4v) is 3.36. The van der Waals surface area contributed by atoms with E-state index in [1.807, 2.05) is 13.0 Å². The number of halogens is 2. The molecule has 0 saturated carbocycles. The van der Waals surface area contributed by atoms with Gasteiger partial charge in [-0.05, 0) is 67.6 Å². The average Bonchev–Trinajstić information content (AvgIpc) is 2.76. The fraction of sp³-hybridized carbons (Fsp3) is 0.0870. The molecule has 0 bridgehead atoms. The van der Waals surface area contributed by atoms with Crippen molar-refractivity contribution in [1.82, 2.24) is 5.43 Å².